The Morgan fingerprint density at radius 2 is 1.34 bits per heavy atom. The smallest absolute Gasteiger partial charge is 0.0303 e. The maximum Gasteiger partial charge on any atom is 0.0303 e. The topological polar surface area (TPSA) is 26.0 Å². The van der Waals surface area contributed by atoms with Gasteiger partial charge in [-0.15, -0.1) is 0 Å². The van der Waals surface area contributed by atoms with E-state index in [1.54, 1.807) is 5.56 Å². The Bertz CT molecular complexity index is 703. The SMILES string of the molecule is CCCCCCCCCCCC(N)c1c(CCC)c(CCC)cc2ccccc12. The van der Waals surface area contributed by atoms with Crippen LogP contribution >= 0.6 is 0 Å². The van der Waals surface area contributed by atoms with Crippen molar-refractivity contribution >= 4 is 10.8 Å². The van der Waals surface area contributed by atoms with Gasteiger partial charge in [0.05, 0.1) is 0 Å². The molecule has 1 heteroatoms. The summed E-state index contributed by atoms with van der Waals surface area (Å²) in [5.74, 6) is 0. The Morgan fingerprint density at radius 1 is 0.724 bits per heavy atom. The van der Waals surface area contributed by atoms with Crippen molar-refractivity contribution in [2.24, 2.45) is 5.73 Å². The molecule has 0 radical (unpaired) electrons. The fourth-order valence-electron chi connectivity index (χ4n) is 4.76. The molecule has 2 aromatic rings. The van der Waals surface area contributed by atoms with Crippen molar-refractivity contribution in [1.29, 1.82) is 0 Å². The molecule has 0 fully saturated rings. The molecule has 0 aliphatic rings. The Balaban J connectivity index is 2.01. The molecule has 0 amide bonds. The third kappa shape index (κ3) is 7.45. The van der Waals surface area contributed by atoms with Gasteiger partial charge in [-0.1, -0.05) is 122 Å². The molecule has 0 saturated heterocycles. The fraction of sp³-hybridized carbons (Fsp3) is 0.643. The molecule has 2 N–H and O–H groups in total. The summed E-state index contributed by atoms with van der Waals surface area (Å²) >= 11 is 0. The third-order valence-corrected chi connectivity index (χ3v) is 6.30. The molecule has 29 heavy (non-hydrogen) atoms. The Kier molecular flexibility index (Phi) is 11.4. The lowest BCUT2D eigenvalue weighted by Crippen LogP contribution is -2.15. The number of nitrogens with two attached hydrogens (primary N) is 1. The van der Waals surface area contributed by atoms with Gasteiger partial charge in [-0.3, -0.25) is 0 Å². The quantitative estimate of drug-likeness (QED) is 0.300. The largest absolute Gasteiger partial charge is 0.324 e. The van der Waals surface area contributed by atoms with Crippen LogP contribution in [0.3, 0.4) is 0 Å². The maximum absolute atomic E-state index is 6.85. The highest BCUT2D eigenvalue weighted by Crippen LogP contribution is 2.34. The van der Waals surface area contributed by atoms with Crippen LogP contribution in [0.15, 0.2) is 30.3 Å². The molecule has 1 unspecified atom stereocenters. The predicted molar refractivity (Wildman–Crippen MR) is 131 cm³/mol. The average molecular weight is 396 g/mol. The first-order valence-corrected chi connectivity index (χ1v) is 12.5. The molecule has 2 rings (SSSR count). The number of benzene rings is 2. The summed E-state index contributed by atoms with van der Waals surface area (Å²) in [6.45, 7) is 6.86. The molecule has 162 valence electrons. The van der Waals surface area contributed by atoms with Gasteiger partial charge in [-0.25, -0.2) is 0 Å². The number of aryl methyl sites for hydroxylation is 1. The molecule has 0 heterocycles. The summed E-state index contributed by atoms with van der Waals surface area (Å²) in [5.41, 5.74) is 11.4. The fourth-order valence-corrected chi connectivity index (χ4v) is 4.76. The Hall–Kier alpha value is -1.34. The predicted octanol–water partition coefficient (Wildman–Crippen LogP) is 8.67. The summed E-state index contributed by atoms with van der Waals surface area (Å²) in [4.78, 5) is 0. The van der Waals surface area contributed by atoms with Crippen molar-refractivity contribution in [3.63, 3.8) is 0 Å². The first-order valence-electron chi connectivity index (χ1n) is 12.5. The Labute approximate surface area is 180 Å². The molecule has 1 nitrogen and oxygen atoms in total. The second-order valence-corrected chi connectivity index (χ2v) is 8.87. The van der Waals surface area contributed by atoms with Gasteiger partial charge in [0.15, 0.2) is 0 Å². The van der Waals surface area contributed by atoms with Crippen LogP contribution in [-0.4, -0.2) is 0 Å². The van der Waals surface area contributed by atoms with Gasteiger partial charge in [0, 0.05) is 6.04 Å². The van der Waals surface area contributed by atoms with Gasteiger partial charge in [-0.2, -0.15) is 0 Å². The zero-order chi connectivity index (χ0) is 20.9. The van der Waals surface area contributed by atoms with E-state index in [0.29, 0.717) is 0 Å². The molecular weight excluding hydrogens is 350 g/mol. The molecule has 0 spiro atoms. The molecular formula is C28H45N. The van der Waals surface area contributed by atoms with Crippen LogP contribution in [0.2, 0.25) is 0 Å². The minimum absolute atomic E-state index is 0.169. The molecule has 1 atom stereocenters. The zero-order valence-electron chi connectivity index (χ0n) is 19.4. The van der Waals surface area contributed by atoms with Gasteiger partial charge in [-0.05, 0) is 46.7 Å². The lowest BCUT2D eigenvalue weighted by molar-refractivity contribution is 0.531. The minimum atomic E-state index is 0.169. The van der Waals surface area contributed by atoms with E-state index in [4.69, 9.17) is 5.73 Å². The summed E-state index contributed by atoms with van der Waals surface area (Å²) < 4.78 is 0. The van der Waals surface area contributed by atoms with Crippen LogP contribution in [0.4, 0.5) is 0 Å². The highest BCUT2D eigenvalue weighted by molar-refractivity contribution is 5.88. The molecule has 0 aromatic heterocycles. The monoisotopic (exact) mass is 395 g/mol. The van der Waals surface area contributed by atoms with Crippen molar-refractivity contribution in [2.75, 3.05) is 0 Å². The van der Waals surface area contributed by atoms with Crippen LogP contribution in [0.5, 0.6) is 0 Å². The van der Waals surface area contributed by atoms with Gasteiger partial charge in [0.2, 0.25) is 0 Å². The molecule has 0 aliphatic heterocycles. The molecule has 0 bridgehead atoms. The third-order valence-electron chi connectivity index (χ3n) is 6.30. The number of hydrogen-bond acceptors (Lipinski definition) is 1. The summed E-state index contributed by atoms with van der Waals surface area (Å²) in [6, 6.07) is 11.5. The van der Waals surface area contributed by atoms with Crippen molar-refractivity contribution in [3.05, 3.63) is 47.0 Å². The van der Waals surface area contributed by atoms with E-state index in [-0.39, 0.29) is 6.04 Å². The van der Waals surface area contributed by atoms with Gasteiger partial charge >= 0.3 is 0 Å². The van der Waals surface area contributed by atoms with Gasteiger partial charge in [0.1, 0.15) is 0 Å². The summed E-state index contributed by atoms with van der Waals surface area (Å²) in [6.07, 6.45) is 18.2. The van der Waals surface area contributed by atoms with Crippen LogP contribution in [-0.2, 0) is 12.8 Å². The number of rotatable bonds is 15. The summed E-state index contributed by atoms with van der Waals surface area (Å²) in [5, 5.41) is 2.76. The van der Waals surface area contributed by atoms with Gasteiger partial charge in [0.25, 0.3) is 0 Å². The molecule has 0 aliphatic carbocycles. The standard InChI is InChI=1S/C28H45N/c1-4-7-8-9-10-11-12-13-14-21-27(29)28-25(18-6-3)23(17-5-2)22-24-19-15-16-20-26(24)28/h15-16,19-20,22,27H,4-14,17-18,21,29H2,1-3H3. The first-order chi connectivity index (χ1) is 14.2. The van der Waals surface area contributed by atoms with Crippen LogP contribution in [0.25, 0.3) is 10.8 Å². The maximum atomic E-state index is 6.85. The van der Waals surface area contributed by atoms with Crippen molar-refractivity contribution in [2.45, 2.75) is 117 Å². The second-order valence-electron chi connectivity index (χ2n) is 8.87. The lowest BCUT2D eigenvalue weighted by Gasteiger charge is -2.22. The van der Waals surface area contributed by atoms with Crippen LogP contribution < -0.4 is 5.73 Å². The van der Waals surface area contributed by atoms with Crippen molar-refractivity contribution in [3.8, 4) is 0 Å². The van der Waals surface area contributed by atoms with E-state index in [0.717, 1.165) is 19.3 Å². The lowest BCUT2D eigenvalue weighted by atomic mass is 9.85. The number of unbranched alkanes of at least 4 members (excludes halogenated alkanes) is 8. The van der Waals surface area contributed by atoms with Crippen LogP contribution in [0, 0.1) is 0 Å². The van der Waals surface area contributed by atoms with Crippen molar-refractivity contribution < 1.29 is 0 Å². The van der Waals surface area contributed by atoms with E-state index in [1.165, 1.54) is 92.5 Å². The normalized spacial score (nSPS) is 12.6. The van der Waals surface area contributed by atoms with E-state index in [9.17, 15) is 0 Å². The Morgan fingerprint density at radius 3 is 2.00 bits per heavy atom. The van der Waals surface area contributed by atoms with Gasteiger partial charge < -0.3 is 5.73 Å². The highest BCUT2D eigenvalue weighted by Gasteiger charge is 2.17. The van der Waals surface area contributed by atoms with Crippen LogP contribution in [0.1, 0.15) is 121 Å². The number of hydrogen-bond donors (Lipinski definition) is 1. The first kappa shape index (κ1) is 23.9. The van der Waals surface area contributed by atoms with E-state index in [2.05, 4.69) is 51.1 Å². The molecule has 0 saturated carbocycles. The van der Waals surface area contributed by atoms with E-state index < -0.39 is 0 Å². The van der Waals surface area contributed by atoms with E-state index in [1.807, 2.05) is 0 Å². The minimum Gasteiger partial charge on any atom is -0.324 e. The number of fused-ring (bicyclic) bond motifs is 1. The highest BCUT2D eigenvalue weighted by atomic mass is 14.6. The zero-order valence-corrected chi connectivity index (χ0v) is 19.4. The van der Waals surface area contributed by atoms with Crippen molar-refractivity contribution in [1.82, 2.24) is 0 Å². The summed E-state index contributed by atoms with van der Waals surface area (Å²) in [7, 11) is 0. The second kappa shape index (κ2) is 13.8. The average Bonchev–Trinajstić information content (AvgIpc) is 2.73. The van der Waals surface area contributed by atoms with E-state index >= 15 is 0 Å². The molecule has 2 aromatic carbocycles.